The summed E-state index contributed by atoms with van der Waals surface area (Å²) in [5, 5.41) is 10.6. The van der Waals surface area contributed by atoms with Crippen LogP contribution in [0, 0.1) is 5.92 Å². The van der Waals surface area contributed by atoms with Gasteiger partial charge in [-0.05, 0) is 18.8 Å². The first-order chi connectivity index (χ1) is 5.45. The highest BCUT2D eigenvalue weighted by molar-refractivity contribution is 5.20. The minimum atomic E-state index is 0.638. The van der Waals surface area contributed by atoms with Crippen LogP contribution in [0.2, 0.25) is 0 Å². The van der Waals surface area contributed by atoms with Crippen LogP contribution in [0.1, 0.15) is 12.8 Å². The summed E-state index contributed by atoms with van der Waals surface area (Å²) in [6.07, 6.45) is 5.89. The average molecular weight is 150 g/mol. The number of aromatic nitrogens is 3. The van der Waals surface area contributed by atoms with Crippen LogP contribution in [0.25, 0.3) is 0 Å². The van der Waals surface area contributed by atoms with Crippen LogP contribution < -0.4 is 5.32 Å². The van der Waals surface area contributed by atoms with Crippen molar-refractivity contribution in [2.75, 3.05) is 11.9 Å². The van der Waals surface area contributed by atoms with Crippen LogP contribution >= 0.6 is 0 Å². The van der Waals surface area contributed by atoms with E-state index < -0.39 is 0 Å². The first-order valence-electron chi connectivity index (χ1n) is 3.83. The second-order valence-electron chi connectivity index (χ2n) is 2.79. The van der Waals surface area contributed by atoms with E-state index in [9.17, 15) is 0 Å². The van der Waals surface area contributed by atoms with Crippen LogP contribution in [0.15, 0.2) is 12.4 Å². The summed E-state index contributed by atoms with van der Waals surface area (Å²) < 4.78 is 0. The Labute approximate surface area is 65.1 Å². The van der Waals surface area contributed by atoms with Gasteiger partial charge in [0.2, 0.25) is 5.95 Å². The van der Waals surface area contributed by atoms with Crippen molar-refractivity contribution in [3.8, 4) is 0 Å². The Hall–Kier alpha value is -1.19. The molecule has 1 fully saturated rings. The van der Waals surface area contributed by atoms with Crippen molar-refractivity contribution >= 4 is 5.95 Å². The van der Waals surface area contributed by atoms with Crippen LogP contribution in [0.5, 0.6) is 0 Å². The minimum absolute atomic E-state index is 0.638. The van der Waals surface area contributed by atoms with Crippen molar-refractivity contribution in [1.29, 1.82) is 0 Å². The maximum absolute atomic E-state index is 3.99. The Morgan fingerprint density at radius 1 is 1.45 bits per heavy atom. The van der Waals surface area contributed by atoms with Gasteiger partial charge in [-0.15, -0.1) is 5.10 Å². The number of nitrogens with zero attached hydrogens (tertiary/aromatic N) is 3. The number of nitrogens with one attached hydrogen (secondary N) is 1. The smallest absolute Gasteiger partial charge is 0.242 e. The molecule has 1 aromatic rings. The summed E-state index contributed by atoms with van der Waals surface area (Å²) >= 11 is 0. The van der Waals surface area contributed by atoms with Gasteiger partial charge in [0, 0.05) is 6.54 Å². The van der Waals surface area contributed by atoms with Crippen LogP contribution in [0.3, 0.4) is 0 Å². The summed E-state index contributed by atoms with van der Waals surface area (Å²) in [4.78, 5) is 3.99. The average Bonchev–Trinajstić information content (AvgIpc) is 2.86. The predicted octanol–water partition coefficient (Wildman–Crippen LogP) is 0.693. The molecule has 0 radical (unpaired) electrons. The maximum Gasteiger partial charge on any atom is 0.242 e. The molecule has 0 amide bonds. The van der Waals surface area contributed by atoms with Gasteiger partial charge in [0.1, 0.15) is 0 Å². The lowest BCUT2D eigenvalue weighted by atomic mass is 10.4. The quantitative estimate of drug-likeness (QED) is 0.688. The fraction of sp³-hybridized carbons (Fsp3) is 0.571. The van der Waals surface area contributed by atoms with Gasteiger partial charge < -0.3 is 5.32 Å². The number of hydrogen-bond donors (Lipinski definition) is 1. The first kappa shape index (κ1) is 6.52. The highest BCUT2D eigenvalue weighted by Crippen LogP contribution is 2.28. The first-order valence-corrected chi connectivity index (χ1v) is 3.83. The zero-order valence-corrected chi connectivity index (χ0v) is 6.20. The summed E-state index contributed by atoms with van der Waals surface area (Å²) in [7, 11) is 0. The molecule has 1 saturated carbocycles. The van der Waals surface area contributed by atoms with Crippen LogP contribution in [-0.2, 0) is 0 Å². The van der Waals surface area contributed by atoms with Crippen molar-refractivity contribution in [2.45, 2.75) is 12.8 Å². The van der Waals surface area contributed by atoms with E-state index in [0.717, 1.165) is 12.5 Å². The highest BCUT2D eigenvalue weighted by atomic mass is 15.2. The molecule has 0 aromatic carbocycles. The summed E-state index contributed by atoms with van der Waals surface area (Å²) in [5.74, 6) is 1.48. The molecule has 2 rings (SSSR count). The molecule has 1 aromatic heterocycles. The largest absolute Gasteiger partial charge is 0.353 e. The molecule has 11 heavy (non-hydrogen) atoms. The van der Waals surface area contributed by atoms with Gasteiger partial charge in [0.15, 0.2) is 0 Å². The summed E-state index contributed by atoms with van der Waals surface area (Å²) in [6.45, 7) is 0.992. The van der Waals surface area contributed by atoms with Gasteiger partial charge >= 0.3 is 0 Å². The lowest BCUT2D eigenvalue weighted by molar-refractivity contribution is 0.856. The minimum Gasteiger partial charge on any atom is -0.353 e. The zero-order valence-electron chi connectivity index (χ0n) is 6.20. The van der Waals surface area contributed by atoms with Gasteiger partial charge in [0.25, 0.3) is 0 Å². The molecule has 0 bridgehead atoms. The maximum atomic E-state index is 3.99. The fourth-order valence-electron chi connectivity index (χ4n) is 0.886. The van der Waals surface area contributed by atoms with E-state index in [2.05, 4.69) is 20.5 Å². The van der Waals surface area contributed by atoms with E-state index in [-0.39, 0.29) is 0 Å². The molecule has 1 aliphatic rings. The summed E-state index contributed by atoms with van der Waals surface area (Å²) in [6, 6.07) is 0. The predicted molar refractivity (Wildman–Crippen MR) is 41.0 cm³/mol. The zero-order chi connectivity index (χ0) is 7.52. The number of rotatable bonds is 3. The Kier molecular flexibility index (Phi) is 1.67. The van der Waals surface area contributed by atoms with Crippen molar-refractivity contribution in [3.05, 3.63) is 12.4 Å². The topological polar surface area (TPSA) is 50.7 Å². The monoisotopic (exact) mass is 150 g/mol. The second-order valence-corrected chi connectivity index (χ2v) is 2.79. The molecule has 0 atom stereocenters. The number of anilines is 1. The van der Waals surface area contributed by atoms with Crippen LogP contribution in [0.4, 0.5) is 5.95 Å². The lowest BCUT2D eigenvalue weighted by Gasteiger charge is -1.99. The van der Waals surface area contributed by atoms with Crippen molar-refractivity contribution in [1.82, 2.24) is 15.2 Å². The SMILES string of the molecule is c1cnc(NCC2CC2)nn1. The number of hydrogen-bond acceptors (Lipinski definition) is 4. The lowest BCUT2D eigenvalue weighted by Crippen LogP contribution is -2.06. The molecule has 4 heteroatoms. The van der Waals surface area contributed by atoms with Gasteiger partial charge in [-0.25, -0.2) is 4.98 Å². The fourth-order valence-corrected chi connectivity index (χ4v) is 0.886. The molecule has 0 unspecified atom stereocenters. The molecule has 0 spiro atoms. The third-order valence-corrected chi connectivity index (χ3v) is 1.73. The van der Waals surface area contributed by atoms with Gasteiger partial charge in [-0.1, -0.05) is 0 Å². The van der Waals surface area contributed by atoms with E-state index in [1.165, 1.54) is 12.8 Å². The van der Waals surface area contributed by atoms with Crippen molar-refractivity contribution in [3.63, 3.8) is 0 Å². The molecule has 1 aliphatic carbocycles. The Morgan fingerprint density at radius 2 is 2.36 bits per heavy atom. The van der Waals surface area contributed by atoms with E-state index in [0.29, 0.717) is 5.95 Å². The Morgan fingerprint density at radius 3 is 3.00 bits per heavy atom. The molecule has 1 heterocycles. The molecule has 1 N–H and O–H groups in total. The van der Waals surface area contributed by atoms with Crippen LogP contribution in [-0.4, -0.2) is 21.7 Å². The van der Waals surface area contributed by atoms with E-state index in [4.69, 9.17) is 0 Å². The van der Waals surface area contributed by atoms with E-state index in [1.807, 2.05) is 0 Å². The Bertz CT molecular complexity index is 219. The normalized spacial score (nSPS) is 16.4. The van der Waals surface area contributed by atoms with E-state index in [1.54, 1.807) is 12.4 Å². The summed E-state index contributed by atoms with van der Waals surface area (Å²) in [5.41, 5.74) is 0. The standard InChI is InChI=1S/C7H10N4/c1-2-6(1)5-9-7-8-3-4-10-11-7/h3-4,6H,1-2,5H2,(H,8,9,11). The molecule has 4 nitrogen and oxygen atoms in total. The van der Waals surface area contributed by atoms with Crippen molar-refractivity contribution < 1.29 is 0 Å². The molecule has 0 saturated heterocycles. The van der Waals surface area contributed by atoms with Gasteiger partial charge in [-0.3, -0.25) is 0 Å². The second kappa shape index (κ2) is 2.82. The Balaban J connectivity index is 1.85. The van der Waals surface area contributed by atoms with Crippen molar-refractivity contribution in [2.24, 2.45) is 5.92 Å². The molecular weight excluding hydrogens is 140 g/mol. The third kappa shape index (κ3) is 1.86. The highest BCUT2D eigenvalue weighted by Gasteiger charge is 2.20. The molecule has 58 valence electrons. The molecular formula is C7H10N4. The van der Waals surface area contributed by atoms with Gasteiger partial charge in [-0.2, -0.15) is 5.10 Å². The third-order valence-electron chi connectivity index (χ3n) is 1.73. The van der Waals surface area contributed by atoms with E-state index >= 15 is 0 Å². The molecule has 0 aliphatic heterocycles. The van der Waals surface area contributed by atoms with Gasteiger partial charge in [0.05, 0.1) is 12.4 Å².